The monoisotopic (exact) mass is 336 g/mol. The molecule has 0 aliphatic heterocycles. The summed E-state index contributed by atoms with van der Waals surface area (Å²) >= 11 is 0. The lowest BCUT2D eigenvalue weighted by atomic mass is 10.2. The maximum Gasteiger partial charge on any atom is 0.242 e. The third-order valence-electron chi connectivity index (χ3n) is 3.38. The van der Waals surface area contributed by atoms with Crippen LogP contribution in [0.5, 0.6) is 0 Å². The predicted molar refractivity (Wildman–Crippen MR) is 90.3 cm³/mol. The fourth-order valence-corrected chi connectivity index (χ4v) is 3.37. The summed E-state index contributed by atoms with van der Waals surface area (Å²) in [6.45, 7) is 2.77. The first-order valence-corrected chi connectivity index (χ1v) is 9.08. The van der Waals surface area contributed by atoms with Crippen molar-refractivity contribution in [2.24, 2.45) is 0 Å². The van der Waals surface area contributed by atoms with Gasteiger partial charge in [0.05, 0.1) is 5.69 Å². The Morgan fingerprint density at radius 2 is 1.83 bits per heavy atom. The Kier molecular flexibility index (Phi) is 6.12. The van der Waals surface area contributed by atoms with Crippen LogP contribution in [0.3, 0.4) is 0 Å². The average Bonchev–Trinajstić information content (AvgIpc) is 2.54. The fraction of sp³-hybridized carbons (Fsp3) is 0.294. The van der Waals surface area contributed by atoms with Crippen LogP contribution in [0.1, 0.15) is 25.3 Å². The summed E-state index contributed by atoms with van der Waals surface area (Å²) in [5, 5.41) is 3.01. The largest absolute Gasteiger partial charge is 0.380 e. The Hall–Kier alpha value is -1.92. The van der Waals surface area contributed by atoms with Gasteiger partial charge in [-0.1, -0.05) is 43.7 Å². The number of hydrogen-bond donors (Lipinski definition) is 2. The van der Waals surface area contributed by atoms with Crippen molar-refractivity contribution in [1.29, 1.82) is 0 Å². The molecule has 0 radical (unpaired) electrons. The van der Waals surface area contributed by atoms with Crippen molar-refractivity contribution >= 4 is 15.7 Å². The van der Waals surface area contributed by atoms with Gasteiger partial charge in [-0.15, -0.1) is 0 Å². The number of anilines is 1. The van der Waals surface area contributed by atoms with E-state index in [1.54, 1.807) is 0 Å². The second-order valence-corrected chi connectivity index (χ2v) is 6.97. The van der Waals surface area contributed by atoms with E-state index in [1.807, 2.05) is 37.3 Å². The van der Waals surface area contributed by atoms with Crippen molar-refractivity contribution in [2.75, 3.05) is 11.9 Å². The van der Waals surface area contributed by atoms with Crippen LogP contribution < -0.4 is 10.0 Å². The molecule has 2 rings (SSSR count). The van der Waals surface area contributed by atoms with E-state index in [1.165, 1.54) is 12.1 Å². The molecule has 0 aliphatic carbocycles. The summed E-state index contributed by atoms with van der Waals surface area (Å²) in [5.74, 6) is -0.479. The molecule has 0 atom stereocenters. The van der Waals surface area contributed by atoms with Gasteiger partial charge >= 0.3 is 0 Å². The maximum absolute atomic E-state index is 13.5. The third-order valence-corrected chi connectivity index (χ3v) is 4.90. The maximum atomic E-state index is 13.5. The minimum atomic E-state index is -3.66. The zero-order valence-corrected chi connectivity index (χ0v) is 13.9. The molecule has 124 valence electrons. The number of benzene rings is 2. The van der Waals surface area contributed by atoms with E-state index < -0.39 is 15.8 Å². The van der Waals surface area contributed by atoms with Gasteiger partial charge in [0, 0.05) is 13.1 Å². The molecule has 0 unspecified atom stereocenters. The van der Waals surface area contributed by atoms with Crippen molar-refractivity contribution in [2.45, 2.75) is 31.2 Å². The lowest BCUT2D eigenvalue weighted by molar-refractivity contribution is 0.578. The SMILES string of the molecule is CCCCNS(=O)(=O)c1ccc(F)cc1NCc1ccccc1. The summed E-state index contributed by atoms with van der Waals surface area (Å²) in [6.07, 6.45) is 1.65. The molecule has 2 N–H and O–H groups in total. The Labute approximate surface area is 136 Å². The zero-order valence-electron chi connectivity index (χ0n) is 13.0. The summed E-state index contributed by atoms with van der Waals surface area (Å²) in [5.41, 5.74) is 1.25. The molecular formula is C17H21FN2O2S. The second kappa shape index (κ2) is 8.08. The summed E-state index contributed by atoms with van der Waals surface area (Å²) in [7, 11) is -3.66. The molecule has 0 amide bonds. The molecule has 4 nitrogen and oxygen atoms in total. The van der Waals surface area contributed by atoms with Crippen molar-refractivity contribution < 1.29 is 12.8 Å². The van der Waals surface area contributed by atoms with Crippen molar-refractivity contribution in [3.8, 4) is 0 Å². The molecule has 0 fully saturated rings. The van der Waals surface area contributed by atoms with Gasteiger partial charge in [-0.25, -0.2) is 17.5 Å². The molecule has 23 heavy (non-hydrogen) atoms. The van der Waals surface area contributed by atoms with E-state index in [4.69, 9.17) is 0 Å². The number of unbranched alkanes of at least 4 members (excludes halogenated alkanes) is 1. The molecule has 0 spiro atoms. The van der Waals surface area contributed by atoms with E-state index in [9.17, 15) is 12.8 Å². The first-order valence-electron chi connectivity index (χ1n) is 7.60. The smallest absolute Gasteiger partial charge is 0.242 e. The fourth-order valence-electron chi connectivity index (χ4n) is 2.13. The minimum absolute atomic E-state index is 0.0611. The summed E-state index contributed by atoms with van der Waals surface area (Å²) in [6, 6.07) is 13.2. The van der Waals surface area contributed by atoms with Gasteiger partial charge in [0.25, 0.3) is 0 Å². The first kappa shape index (κ1) is 17.4. The van der Waals surface area contributed by atoms with E-state index in [2.05, 4.69) is 10.0 Å². The van der Waals surface area contributed by atoms with Crippen LogP contribution in [0.4, 0.5) is 10.1 Å². The van der Waals surface area contributed by atoms with Crippen molar-refractivity contribution in [1.82, 2.24) is 4.72 Å². The van der Waals surface area contributed by atoms with E-state index in [0.29, 0.717) is 13.1 Å². The minimum Gasteiger partial charge on any atom is -0.380 e. The van der Waals surface area contributed by atoms with Gasteiger partial charge in [0.1, 0.15) is 10.7 Å². The van der Waals surface area contributed by atoms with Gasteiger partial charge in [-0.2, -0.15) is 0 Å². The van der Waals surface area contributed by atoms with Crippen molar-refractivity contribution in [3.05, 3.63) is 59.9 Å². The van der Waals surface area contributed by atoms with E-state index in [0.717, 1.165) is 24.5 Å². The van der Waals surface area contributed by atoms with Crippen LogP contribution in [0.25, 0.3) is 0 Å². The lowest BCUT2D eigenvalue weighted by Gasteiger charge is -2.13. The van der Waals surface area contributed by atoms with Gasteiger partial charge < -0.3 is 5.32 Å². The normalized spacial score (nSPS) is 11.4. The average molecular weight is 336 g/mol. The van der Waals surface area contributed by atoms with Crippen LogP contribution >= 0.6 is 0 Å². The molecule has 0 bridgehead atoms. The number of nitrogens with one attached hydrogen (secondary N) is 2. The standard InChI is InChI=1S/C17H21FN2O2S/c1-2-3-11-20-23(21,22)17-10-9-15(18)12-16(17)19-13-14-7-5-4-6-8-14/h4-10,12,19-20H,2-3,11,13H2,1H3. The molecule has 0 heterocycles. The van der Waals surface area contributed by atoms with Gasteiger partial charge in [0.15, 0.2) is 0 Å². The highest BCUT2D eigenvalue weighted by Gasteiger charge is 2.18. The van der Waals surface area contributed by atoms with Crippen LogP contribution in [-0.4, -0.2) is 15.0 Å². The van der Waals surface area contributed by atoms with Gasteiger partial charge in [-0.05, 0) is 30.2 Å². The summed E-state index contributed by atoms with van der Waals surface area (Å²) in [4.78, 5) is 0.0611. The Morgan fingerprint density at radius 1 is 1.09 bits per heavy atom. The summed E-state index contributed by atoms with van der Waals surface area (Å²) < 4.78 is 40.8. The highest BCUT2D eigenvalue weighted by atomic mass is 32.2. The Morgan fingerprint density at radius 3 is 2.52 bits per heavy atom. The molecule has 0 saturated carbocycles. The van der Waals surface area contributed by atoms with Gasteiger partial charge in [-0.3, -0.25) is 0 Å². The molecular weight excluding hydrogens is 315 g/mol. The van der Waals surface area contributed by atoms with Gasteiger partial charge in [0.2, 0.25) is 10.0 Å². The highest BCUT2D eigenvalue weighted by Crippen LogP contribution is 2.23. The van der Waals surface area contributed by atoms with Crippen LogP contribution in [-0.2, 0) is 16.6 Å². The van der Waals surface area contributed by atoms with E-state index >= 15 is 0 Å². The predicted octanol–water partition coefficient (Wildman–Crippen LogP) is 3.52. The second-order valence-electron chi connectivity index (χ2n) is 5.23. The number of hydrogen-bond acceptors (Lipinski definition) is 3. The molecule has 0 saturated heterocycles. The number of sulfonamides is 1. The number of halogens is 1. The molecule has 2 aromatic rings. The quantitative estimate of drug-likeness (QED) is 0.725. The van der Waals surface area contributed by atoms with E-state index in [-0.39, 0.29) is 10.6 Å². The van der Waals surface area contributed by atoms with Crippen LogP contribution in [0.2, 0.25) is 0 Å². The third kappa shape index (κ3) is 5.04. The molecule has 6 heteroatoms. The Bertz CT molecular complexity index is 734. The molecule has 0 aliphatic rings. The zero-order chi connectivity index (χ0) is 16.7. The number of rotatable bonds is 8. The molecule has 0 aromatic heterocycles. The lowest BCUT2D eigenvalue weighted by Crippen LogP contribution is -2.25. The Balaban J connectivity index is 2.20. The van der Waals surface area contributed by atoms with Crippen LogP contribution in [0.15, 0.2) is 53.4 Å². The van der Waals surface area contributed by atoms with Crippen molar-refractivity contribution in [3.63, 3.8) is 0 Å². The van der Waals surface area contributed by atoms with Crippen LogP contribution in [0, 0.1) is 5.82 Å². The topological polar surface area (TPSA) is 58.2 Å². The highest BCUT2D eigenvalue weighted by molar-refractivity contribution is 7.89. The molecule has 2 aromatic carbocycles. The first-order chi connectivity index (χ1) is 11.0.